The molecule has 0 radical (unpaired) electrons. The molecule has 1 aliphatic heterocycles. The number of fused-ring (bicyclic) bond motifs is 1. The van der Waals surface area contributed by atoms with Gasteiger partial charge in [-0.15, -0.1) is 22.7 Å². The van der Waals surface area contributed by atoms with Gasteiger partial charge in [-0.2, -0.15) is 0 Å². The number of hydrogen-bond donors (Lipinski definition) is 1. The van der Waals surface area contributed by atoms with Gasteiger partial charge < -0.3 is 5.73 Å². The van der Waals surface area contributed by atoms with Crippen LogP contribution in [0.15, 0.2) is 46.1 Å². The van der Waals surface area contributed by atoms with Crippen molar-refractivity contribution in [2.75, 3.05) is 7.05 Å². The predicted octanol–water partition coefficient (Wildman–Crippen LogP) is 4.02. The molecule has 3 aromatic rings. The van der Waals surface area contributed by atoms with E-state index in [4.69, 9.17) is 5.73 Å². The number of hydrogen-bond acceptors (Lipinski definition) is 5. The van der Waals surface area contributed by atoms with Gasteiger partial charge >= 0.3 is 0 Å². The number of nitrogens with zero attached hydrogens (tertiary/aromatic N) is 2. The zero-order valence-electron chi connectivity index (χ0n) is 13.4. The Morgan fingerprint density at radius 3 is 2.79 bits per heavy atom. The fraction of sp³-hybridized carbons (Fsp3) is 0.222. The van der Waals surface area contributed by atoms with Gasteiger partial charge in [0.05, 0.1) is 12.0 Å². The van der Waals surface area contributed by atoms with Crippen LogP contribution >= 0.6 is 22.7 Å². The number of carbonyl (C=O) groups excluding carboxylic acids is 1. The van der Waals surface area contributed by atoms with Gasteiger partial charge in [0.2, 0.25) is 5.91 Å². The van der Waals surface area contributed by atoms with Crippen molar-refractivity contribution in [3.8, 4) is 10.4 Å². The number of aliphatic imine (C=N–C) groups is 1. The van der Waals surface area contributed by atoms with E-state index in [9.17, 15) is 4.79 Å². The number of benzene rings is 1. The smallest absolute Gasteiger partial charge is 0.231 e. The van der Waals surface area contributed by atoms with Crippen molar-refractivity contribution < 1.29 is 4.79 Å². The van der Waals surface area contributed by atoms with Gasteiger partial charge in [0.25, 0.3) is 0 Å². The summed E-state index contributed by atoms with van der Waals surface area (Å²) in [6.45, 7) is 1.99. The molecule has 0 saturated carbocycles. The molecule has 0 aliphatic carbocycles. The van der Waals surface area contributed by atoms with E-state index in [0.29, 0.717) is 6.42 Å². The van der Waals surface area contributed by atoms with Crippen LogP contribution in [0.2, 0.25) is 0 Å². The molecule has 1 amide bonds. The third kappa shape index (κ3) is 2.25. The highest BCUT2D eigenvalue weighted by atomic mass is 32.1. The van der Waals surface area contributed by atoms with Crippen LogP contribution < -0.4 is 5.73 Å². The first-order chi connectivity index (χ1) is 11.5. The van der Waals surface area contributed by atoms with Gasteiger partial charge in [-0.05, 0) is 34.7 Å². The maximum absolute atomic E-state index is 12.3. The molecule has 2 aromatic heterocycles. The molecule has 0 unspecified atom stereocenters. The molecule has 6 heteroatoms. The molecule has 4 rings (SSSR count). The normalized spacial score (nSPS) is 21.3. The van der Waals surface area contributed by atoms with E-state index in [1.807, 2.05) is 6.92 Å². The summed E-state index contributed by atoms with van der Waals surface area (Å²) in [5.74, 6) is 0.279. The minimum atomic E-state index is -0.611. The summed E-state index contributed by atoms with van der Waals surface area (Å²) in [6.07, 6.45) is 0.333. The summed E-state index contributed by atoms with van der Waals surface area (Å²) in [4.78, 5) is 19.6. The van der Waals surface area contributed by atoms with Gasteiger partial charge in [-0.1, -0.05) is 24.3 Å². The summed E-state index contributed by atoms with van der Waals surface area (Å²) >= 11 is 3.44. The van der Waals surface area contributed by atoms with Gasteiger partial charge in [0.15, 0.2) is 5.96 Å². The topological polar surface area (TPSA) is 58.7 Å². The Labute approximate surface area is 148 Å². The molecule has 1 aliphatic rings. The largest absolute Gasteiger partial charge is 0.369 e. The molecule has 4 nitrogen and oxygen atoms in total. The zero-order chi connectivity index (χ0) is 16.9. The Hall–Kier alpha value is -2.18. The molecule has 0 saturated heterocycles. The summed E-state index contributed by atoms with van der Waals surface area (Å²) in [5.41, 5.74) is 7.66. The SMILES string of the molecule is CN1C(=O)C[C@@](C)(c2csc3c(-c4cccs4)cccc23)N=C1N. The number of guanidine groups is 1. The highest BCUT2D eigenvalue weighted by molar-refractivity contribution is 7.19. The molecule has 24 heavy (non-hydrogen) atoms. The van der Waals surface area contributed by atoms with Crippen LogP contribution in [0.5, 0.6) is 0 Å². The maximum atomic E-state index is 12.3. The van der Waals surface area contributed by atoms with Crippen LogP contribution in [0.3, 0.4) is 0 Å². The second-order valence-electron chi connectivity index (χ2n) is 6.18. The van der Waals surface area contributed by atoms with Crippen LogP contribution in [0, 0.1) is 0 Å². The molecule has 122 valence electrons. The van der Waals surface area contributed by atoms with Gasteiger partial charge in [-0.25, -0.2) is 4.99 Å². The van der Waals surface area contributed by atoms with Crippen LogP contribution in [0.1, 0.15) is 18.9 Å². The molecule has 0 fully saturated rings. The Kier molecular flexibility index (Phi) is 3.47. The maximum Gasteiger partial charge on any atom is 0.231 e. The second-order valence-corrected chi connectivity index (χ2v) is 8.01. The molecular weight excluding hydrogens is 338 g/mol. The summed E-state index contributed by atoms with van der Waals surface area (Å²) in [6, 6.07) is 10.5. The van der Waals surface area contributed by atoms with Crippen LogP contribution in [0.25, 0.3) is 20.5 Å². The highest BCUT2D eigenvalue weighted by Gasteiger charge is 2.37. The van der Waals surface area contributed by atoms with Crippen molar-refractivity contribution >= 4 is 44.6 Å². The highest BCUT2D eigenvalue weighted by Crippen LogP contribution is 2.43. The van der Waals surface area contributed by atoms with Crippen LogP contribution in [-0.2, 0) is 10.3 Å². The first-order valence-electron chi connectivity index (χ1n) is 7.66. The van der Waals surface area contributed by atoms with Crippen molar-refractivity contribution in [3.63, 3.8) is 0 Å². The van der Waals surface area contributed by atoms with Crippen molar-refractivity contribution in [3.05, 3.63) is 46.7 Å². The molecule has 1 atom stereocenters. The van der Waals surface area contributed by atoms with Crippen molar-refractivity contribution in [2.45, 2.75) is 18.9 Å². The minimum absolute atomic E-state index is 0.00115. The lowest BCUT2D eigenvalue weighted by atomic mass is 9.87. The number of carbonyl (C=O) groups is 1. The zero-order valence-corrected chi connectivity index (χ0v) is 15.1. The molecule has 0 bridgehead atoms. The lowest BCUT2D eigenvalue weighted by Crippen LogP contribution is -2.47. The van der Waals surface area contributed by atoms with E-state index in [1.165, 1.54) is 20.0 Å². The van der Waals surface area contributed by atoms with E-state index in [2.05, 4.69) is 46.1 Å². The van der Waals surface area contributed by atoms with Crippen molar-refractivity contribution in [1.29, 1.82) is 0 Å². The first kappa shape index (κ1) is 15.4. The van der Waals surface area contributed by atoms with Crippen LogP contribution in [0.4, 0.5) is 0 Å². The molecule has 2 N–H and O–H groups in total. The van der Waals surface area contributed by atoms with Gasteiger partial charge in [0.1, 0.15) is 0 Å². The van der Waals surface area contributed by atoms with E-state index < -0.39 is 5.54 Å². The van der Waals surface area contributed by atoms with E-state index >= 15 is 0 Å². The molecule has 0 spiro atoms. The summed E-state index contributed by atoms with van der Waals surface area (Å²) < 4.78 is 1.23. The molecule has 3 heterocycles. The van der Waals surface area contributed by atoms with Gasteiger partial charge in [0, 0.05) is 22.2 Å². The Balaban J connectivity index is 1.90. The lowest BCUT2D eigenvalue weighted by molar-refractivity contribution is -0.128. The minimum Gasteiger partial charge on any atom is -0.369 e. The number of nitrogens with two attached hydrogens (primary N) is 1. The average Bonchev–Trinajstić information content (AvgIpc) is 3.21. The predicted molar refractivity (Wildman–Crippen MR) is 101 cm³/mol. The summed E-state index contributed by atoms with van der Waals surface area (Å²) in [7, 11) is 1.67. The van der Waals surface area contributed by atoms with Crippen LogP contribution in [-0.4, -0.2) is 23.8 Å². The van der Waals surface area contributed by atoms with E-state index in [0.717, 1.165) is 10.9 Å². The van der Waals surface area contributed by atoms with Crippen molar-refractivity contribution in [1.82, 2.24) is 4.90 Å². The van der Waals surface area contributed by atoms with Gasteiger partial charge in [-0.3, -0.25) is 9.69 Å². The Bertz CT molecular complexity index is 958. The number of amides is 1. The Morgan fingerprint density at radius 2 is 2.08 bits per heavy atom. The average molecular weight is 355 g/mol. The molecule has 1 aromatic carbocycles. The third-order valence-electron chi connectivity index (χ3n) is 4.54. The monoisotopic (exact) mass is 355 g/mol. The lowest BCUT2D eigenvalue weighted by Gasteiger charge is -2.33. The first-order valence-corrected chi connectivity index (χ1v) is 9.42. The summed E-state index contributed by atoms with van der Waals surface area (Å²) in [5, 5.41) is 5.37. The quantitative estimate of drug-likeness (QED) is 0.755. The molecular formula is C18H17N3OS2. The number of thiophene rings is 2. The fourth-order valence-corrected chi connectivity index (χ4v) is 5.21. The van der Waals surface area contributed by atoms with E-state index in [1.54, 1.807) is 29.7 Å². The third-order valence-corrected chi connectivity index (χ3v) is 6.47. The van der Waals surface area contributed by atoms with Crippen molar-refractivity contribution in [2.24, 2.45) is 10.7 Å². The second kappa shape index (κ2) is 5.43. The Morgan fingerprint density at radius 1 is 1.25 bits per heavy atom. The number of rotatable bonds is 2. The fourth-order valence-electron chi connectivity index (χ4n) is 3.16. The van der Waals surface area contributed by atoms with E-state index in [-0.39, 0.29) is 11.9 Å². The standard InChI is InChI=1S/C18H17N3OS2/c1-18(9-15(22)21(2)17(19)20-18)13-10-24-16-11(13)5-3-6-12(16)14-7-4-8-23-14/h3-8,10H,9H2,1-2H3,(H2,19,20)/t18-/m0/s1.